The van der Waals surface area contributed by atoms with Gasteiger partial charge in [0.25, 0.3) is 0 Å². The molecule has 0 aromatic heterocycles. The molecule has 2 aliphatic heterocycles. The molecule has 2 aliphatic rings. The molecule has 50 heavy (non-hydrogen) atoms. The van der Waals surface area contributed by atoms with Gasteiger partial charge in [-0.2, -0.15) is 0 Å². The lowest BCUT2D eigenvalue weighted by Crippen LogP contribution is -2.60. The van der Waals surface area contributed by atoms with Gasteiger partial charge in [0, 0.05) is 24.3 Å². The minimum absolute atomic E-state index is 0.0609. The van der Waals surface area contributed by atoms with E-state index in [4.69, 9.17) is 16.3 Å². The van der Waals surface area contributed by atoms with Gasteiger partial charge in [0.1, 0.15) is 29.7 Å². The summed E-state index contributed by atoms with van der Waals surface area (Å²) in [6, 6.07) is 7.30. The predicted molar refractivity (Wildman–Crippen MR) is 167 cm³/mol. The van der Waals surface area contributed by atoms with Crippen LogP contribution >= 0.6 is 11.6 Å². The Labute approximate surface area is 285 Å². The highest BCUT2D eigenvalue weighted by molar-refractivity contribution is 6.47. The molecular formula is C30H25BClF2N5O11. The average Bonchev–Trinajstić information content (AvgIpc) is 3.07. The number of nitrogens with zero attached hydrogens (tertiary/aromatic N) is 2. The zero-order chi connectivity index (χ0) is 36.4. The molecule has 0 saturated carbocycles. The molecular weight excluding hydrogens is 691 g/mol. The second-order valence-corrected chi connectivity index (χ2v) is 11.4. The van der Waals surface area contributed by atoms with Crippen molar-refractivity contribution in [2.24, 2.45) is 0 Å². The largest absolute Gasteiger partial charge is 0.547 e. The second-order valence-electron chi connectivity index (χ2n) is 11.0. The second kappa shape index (κ2) is 14.3. The third-order valence-corrected chi connectivity index (χ3v) is 8.13. The first-order valence-electron chi connectivity index (χ1n) is 14.5. The smallest absolute Gasteiger partial charge is 0.534 e. The summed E-state index contributed by atoms with van der Waals surface area (Å²) in [6.45, 7) is -1.28. The Morgan fingerprint density at radius 1 is 1.00 bits per heavy atom. The van der Waals surface area contributed by atoms with Crippen LogP contribution in [-0.4, -0.2) is 98.5 Å². The Hall–Kier alpha value is -5.95. The van der Waals surface area contributed by atoms with Crippen molar-refractivity contribution >= 4 is 60.0 Å². The van der Waals surface area contributed by atoms with Gasteiger partial charge in [-0.3, -0.25) is 24.1 Å². The summed E-state index contributed by atoms with van der Waals surface area (Å²) in [7, 11) is -1.98. The van der Waals surface area contributed by atoms with Crippen molar-refractivity contribution in [1.29, 1.82) is 0 Å². The van der Waals surface area contributed by atoms with Crippen molar-refractivity contribution in [2.45, 2.75) is 18.4 Å². The molecule has 16 nitrogen and oxygen atoms in total. The van der Waals surface area contributed by atoms with Crippen LogP contribution in [-0.2, 0) is 25.6 Å². The van der Waals surface area contributed by atoms with E-state index >= 15 is 0 Å². The highest BCUT2D eigenvalue weighted by atomic mass is 35.5. The maximum atomic E-state index is 14.6. The normalized spacial score (nSPS) is 16.2. The highest BCUT2D eigenvalue weighted by Gasteiger charge is 2.42. The van der Waals surface area contributed by atoms with E-state index in [-0.39, 0.29) is 18.5 Å². The third-order valence-electron chi connectivity index (χ3n) is 7.73. The van der Waals surface area contributed by atoms with Gasteiger partial charge in [-0.1, -0.05) is 35.9 Å². The first-order chi connectivity index (χ1) is 23.7. The summed E-state index contributed by atoms with van der Waals surface area (Å²) < 4.78 is 33.9. The fourth-order valence-corrected chi connectivity index (χ4v) is 5.51. The van der Waals surface area contributed by atoms with Crippen LogP contribution in [0.3, 0.4) is 0 Å². The van der Waals surface area contributed by atoms with Crippen LogP contribution in [0.1, 0.15) is 27.5 Å². The summed E-state index contributed by atoms with van der Waals surface area (Å²) in [5.41, 5.74) is -1.01. The van der Waals surface area contributed by atoms with Crippen LogP contribution in [0.4, 0.5) is 19.3 Å². The monoisotopic (exact) mass is 715 g/mol. The number of rotatable bonds is 8. The number of carboxylic acid groups (broad SMARTS) is 1. The molecule has 0 spiro atoms. The van der Waals surface area contributed by atoms with Crippen LogP contribution < -0.4 is 20.6 Å². The van der Waals surface area contributed by atoms with Crippen LogP contribution in [0.25, 0.3) is 0 Å². The van der Waals surface area contributed by atoms with Gasteiger partial charge in [-0.15, -0.1) is 0 Å². The lowest BCUT2D eigenvalue weighted by molar-refractivity contribution is -0.154. The van der Waals surface area contributed by atoms with Crippen molar-refractivity contribution in [3.05, 3.63) is 81.9 Å². The van der Waals surface area contributed by atoms with Crippen molar-refractivity contribution in [2.75, 3.05) is 25.0 Å². The number of aromatic hydroxyl groups is 2. The molecule has 7 N–H and O–H groups in total. The van der Waals surface area contributed by atoms with Crippen LogP contribution in [0.15, 0.2) is 48.5 Å². The maximum Gasteiger partial charge on any atom is 0.547 e. The van der Waals surface area contributed by atoms with Gasteiger partial charge >= 0.3 is 30.9 Å². The molecule has 3 aromatic rings. The number of halogens is 3. The quantitative estimate of drug-likeness (QED) is 0.0984. The van der Waals surface area contributed by atoms with Crippen LogP contribution in [0, 0.1) is 11.6 Å². The number of phenols is 2. The topological polar surface area (TPSA) is 235 Å². The molecule has 1 fully saturated rings. The molecule has 3 aromatic carbocycles. The molecule has 2 heterocycles. The van der Waals surface area contributed by atoms with E-state index in [1.807, 2.05) is 0 Å². The van der Waals surface area contributed by atoms with Crippen LogP contribution in [0.5, 0.6) is 17.2 Å². The number of piperazine rings is 1. The molecule has 0 radical (unpaired) electrons. The van der Waals surface area contributed by atoms with E-state index in [0.717, 1.165) is 17.0 Å². The molecule has 1 saturated heterocycles. The Balaban J connectivity index is 1.35. The summed E-state index contributed by atoms with van der Waals surface area (Å²) in [5, 5.41) is 46.1. The first-order valence-corrected chi connectivity index (χ1v) is 14.9. The van der Waals surface area contributed by atoms with Gasteiger partial charge in [-0.25, -0.2) is 18.4 Å². The Kier molecular flexibility index (Phi) is 10.1. The van der Waals surface area contributed by atoms with Crippen molar-refractivity contribution in [1.82, 2.24) is 20.4 Å². The minimum Gasteiger partial charge on any atom is -0.534 e. The zero-order valence-corrected chi connectivity index (χ0v) is 26.1. The number of amides is 6. The van der Waals surface area contributed by atoms with E-state index in [9.17, 15) is 57.9 Å². The molecule has 2 atom stereocenters. The summed E-state index contributed by atoms with van der Waals surface area (Å²) in [4.78, 5) is 78.1. The van der Waals surface area contributed by atoms with Crippen LogP contribution in [0.2, 0.25) is 5.02 Å². The van der Waals surface area contributed by atoms with E-state index in [2.05, 4.69) is 16.0 Å². The van der Waals surface area contributed by atoms with Crippen molar-refractivity contribution < 1.29 is 62.5 Å². The van der Waals surface area contributed by atoms with E-state index < -0.39 is 113 Å². The number of hydrogen-bond donors (Lipinski definition) is 7. The number of nitrogens with one attached hydrogen (secondary N) is 3. The molecule has 5 rings (SSSR count). The number of anilines is 1. The van der Waals surface area contributed by atoms with Gasteiger partial charge in [0.15, 0.2) is 17.3 Å². The summed E-state index contributed by atoms with van der Waals surface area (Å²) >= 11 is 6.10. The number of phenolic OH excluding ortho intramolecular Hbond substituents is 2. The minimum atomic E-state index is -2.08. The van der Waals surface area contributed by atoms with Gasteiger partial charge in [0.2, 0.25) is 11.8 Å². The van der Waals surface area contributed by atoms with E-state index in [1.54, 1.807) is 30.3 Å². The van der Waals surface area contributed by atoms with E-state index in [1.165, 1.54) is 0 Å². The standard InChI is InChI=1S/C30H25BClF2N5O11/c32-21-15(11-17(34)23(41)24(21)42)22(26(43)36-18-10-13-6-7-16(33)20(29(46)47)25(13)50-31(18)49)37-30(48)39-9-8-38(27(44)28(39)45)12-19(40)35-14-4-2-1-3-5-14/h1-7,11,18,22,41-42,49H,8-10,12H2,(H,35,40)(H,36,43)(H,37,48)(H,46,47)/t18-,22?/m0/s1. The maximum absolute atomic E-state index is 14.6. The molecule has 260 valence electrons. The molecule has 0 bridgehead atoms. The summed E-state index contributed by atoms with van der Waals surface area (Å²) in [6.07, 6.45) is -0.334. The van der Waals surface area contributed by atoms with Gasteiger partial charge in [0.05, 0.1) is 11.0 Å². The van der Waals surface area contributed by atoms with Gasteiger partial charge < -0.3 is 45.8 Å². The number of carbonyl (C=O) groups excluding carboxylic acids is 5. The summed E-state index contributed by atoms with van der Waals surface area (Å²) in [5.74, 6) is -13.2. The highest BCUT2D eigenvalue weighted by Crippen LogP contribution is 2.40. The molecule has 0 aliphatic carbocycles. The third kappa shape index (κ3) is 7.08. The van der Waals surface area contributed by atoms with E-state index in [0.29, 0.717) is 16.7 Å². The predicted octanol–water partition coefficient (Wildman–Crippen LogP) is 0.927. The number of aromatic carboxylic acids is 1. The molecule has 1 unspecified atom stereocenters. The average molecular weight is 716 g/mol. The Bertz CT molecular complexity index is 1920. The first kappa shape index (κ1) is 35.4. The number of benzene rings is 3. The molecule has 6 amide bonds. The lowest BCUT2D eigenvalue weighted by Gasteiger charge is -2.33. The molecule has 20 heteroatoms. The van der Waals surface area contributed by atoms with Crippen molar-refractivity contribution in [3.63, 3.8) is 0 Å². The number of urea groups is 1. The fourth-order valence-electron chi connectivity index (χ4n) is 5.26. The fraction of sp³-hybridized carbons (Fsp3) is 0.200. The number of fused-ring (bicyclic) bond motifs is 1. The number of imide groups is 1. The Morgan fingerprint density at radius 3 is 2.38 bits per heavy atom. The number of carbonyl (C=O) groups is 6. The van der Waals surface area contributed by atoms with Gasteiger partial charge in [-0.05, 0) is 36.2 Å². The Morgan fingerprint density at radius 2 is 1.70 bits per heavy atom. The number of para-hydroxylation sites is 1. The number of carboxylic acids is 1. The SMILES string of the molecule is O=C(CN1CCN(C(=O)NC(C(=O)N[C@H]2Cc3ccc(F)c(C(=O)O)c3OB2O)c2cc(F)c(O)c(O)c2Cl)C(=O)C1=O)Nc1ccccc1. The van der Waals surface area contributed by atoms with Crippen molar-refractivity contribution in [3.8, 4) is 17.2 Å². The zero-order valence-electron chi connectivity index (χ0n) is 25.4. The lowest BCUT2D eigenvalue weighted by atomic mass is 9.72. The number of hydrogen-bond acceptors (Lipinski definition) is 10.